The summed E-state index contributed by atoms with van der Waals surface area (Å²) in [6.45, 7) is 1.40. The molecule has 156 valence electrons. The van der Waals surface area contributed by atoms with Crippen molar-refractivity contribution < 1.29 is 19.1 Å². The van der Waals surface area contributed by atoms with Crippen molar-refractivity contribution in [3.8, 4) is 5.75 Å². The summed E-state index contributed by atoms with van der Waals surface area (Å²) in [5.74, 6) is -0.0589. The van der Waals surface area contributed by atoms with Gasteiger partial charge in [0.1, 0.15) is 12.3 Å². The van der Waals surface area contributed by atoms with E-state index in [9.17, 15) is 9.59 Å². The standard InChI is InChI=1S/C19H20N6O4S/c1-11-7-8-14(30-11)17(27)21-9-16(26)29-10-15-23-18(20)25-19(24-15)22-12-5-3-4-6-13(12)28-2/h3-8H,9-10H2,1-2H3,(H,21,27)(H3,20,22,23,24,25). The number of anilines is 3. The number of amides is 1. The smallest absolute Gasteiger partial charge is 0.325 e. The van der Waals surface area contributed by atoms with Gasteiger partial charge in [0.2, 0.25) is 11.9 Å². The lowest BCUT2D eigenvalue weighted by Crippen LogP contribution is -2.30. The summed E-state index contributed by atoms with van der Waals surface area (Å²) in [6.07, 6.45) is 0. The summed E-state index contributed by atoms with van der Waals surface area (Å²) in [7, 11) is 1.55. The molecule has 0 aliphatic heterocycles. The monoisotopic (exact) mass is 428 g/mol. The molecule has 10 nitrogen and oxygen atoms in total. The van der Waals surface area contributed by atoms with E-state index in [2.05, 4.69) is 25.6 Å². The number of ether oxygens (including phenoxy) is 2. The molecule has 0 aliphatic carbocycles. The Balaban J connectivity index is 1.56. The highest BCUT2D eigenvalue weighted by Crippen LogP contribution is 2.25. The number of nitrogens with one attached hydrogen (secondary N) is 2. The number of nitrogens with zero attached hydrogens (tertiary/aromatic N) is 3. The van der Waals surface area contributed by atoms with E-state index in [1.807, 2.05) is 25.1 Å². The maximum atomic E-state index is 12.0. The first kappa shape index (κ1) is 21.0. The Morgan fingerprint density at radius 2 is 1.93 bits per heavy atom. The van der Waals surface area contributed by atoms with Gasteiger partial charge in [0.05, 0.1) is 17.7 Å². The van der Waals surface area contributed by atoms with Crippen LogP contribution in [-0.4, -0.2) is 40.5 Å². The summed E-state index contributed by atoms with van der Waals surface area (Å²) in [4.78, 5) is 37.6. The van der Waals surface area contributed by atoms with Crippen LogP contribution in [0.15, 0.2) is 36.4 Å². The number of aryl methyl sites for hydroxylation is 1. The molecule has 0 spiro atoms. The van der Waals surface area contributed by atoms with E-state index in [4.69, 9.17) is 15.2 Å². The van der Waals surface area contributed by atoms with Crippen LogP contribution in [0.3, 0.4) is 0 Å². The number of para-hydroxylation sites is 2. The van der Waals surface area contributed by atoms with Crippen molar-refractivity contribution >= 4 is 40.8 Å². The molecular formula is C19H20N6O4S. The summed E-state index contributed by atoms with van der Waals surface area (Å²) in [6, 6.07) is 10.8. The number of hydrogen-bond acceptors (Lipinski definition) is 10. The number of methoxy groups -OCH3 is 1. The highest BCUT2D eigenvalue weighted by atomic mass is 32.1. The lowest BCUT2D eigenvalue weighted by atomic mass is 10.3. The quantitative estimate of drug-likeness (QED) is 0.460. The highest BCUT2D eigenvalue weighted by molar-refractivity contribution is 7.13. The molecule has 1 amide bonds. The second-order valence-electron chi connectivity index (χ2n) is 6.01. The number of benzene rings is 1. The average Bonchev–Trinajstić information content (AvgIpc) is 3.17. The van der Waals surface area contributed by atoms with E-state index in [1.165, 1.54) is 11.3 Å². The maximum Gasteiger partial charge on any atom is 0.325 e. The lowest BCUT2D eigenvalue weighted by molar-refractivity contribution is -0.143. The molecular weight excluding hydrogens is 408 g/mol. The number of aromatic nitrogens is 3. The van der Waals surface area contributed by atoms with Crippen molar-refractivity contribution in [3.05, 3.63) is 52.0 Å². The van der Waals surface area contributed by atoms with Gasteiger partial charge in [-0.25, -0.2) is 0 Å². The number of esters is 1. The Morgan fingerprint density at radius 1 is 1.13 bits per heavy atom. The van der Waals surface area contributed by atoms with Crippen LogP contribution in [0, 0.1) is 6.92 Å². The van der Waals surface area contributed by atoms with Crippen LogP contribution in [0.25, 0.3) is 0 Å². The van der Waals surface area contributed by atoms with Crippen molar-refractivity contribution in [1.29, 1.82) is 0 Å². The first-order chi connectivity index (χ1) is 14.4. The molecule has 2 heterocycles. The van der Waals surface area contributed by atoms with Gasteiger partial charge < -0.3 is 25.8 Å². The van der Waals surface area contributed by atoms with Crippen LogP contribution in [0.2, 0.25) is 0 Å². The first-order valence-electron chi connectivity index (χ1n) is 8.85. The molecule has 0 bridgehead atoms. The zero-order valence-corrected chi connectivity index (χ0v) is 17.2. The Hall–Kier alpha value is -3.73. The Bertz CT molecular complexity index is 1060. The number of carbonyl (C=O) groups excluding carboxylic acids is 2. The van der Waals surface area contributed by atoms with Gasteiger partial charge in [-0.15, -0.1) is 11.3 Å². The number of rotatable bonds is 8. The third kappa shape index (κ3) is 5.64. The molecule has 0 aliphatic rings. The number of nitrogens with two attached hydrogens (primary N) is 1. The summed E-state index contributed by atoms with van der Waals surface area (Å²) in [5, 5.41) is 5.50. The zero-order chi connectivity index (χ0) is 21.5. The van der Waals surface area contributed by atoms with E-state index >= 15 is 0 Å². The molecule has 0 fully saturated rings. The molecule has 1 aromatic carbocycles. The van der Waals surface area contributed by atoms with Gasteiger partial charge in [0, 0.05) is 4.88 Å². The number of thiophene rings is 1. The van der Waals surface area contributed by atoms with E-state index in [0.717, 1.165) is 4.88 Å². The van der Waals surface area contributed by atoms with Gasteiger partial charge in [-0.3, -0.25) is 9.59 Å². The molecule has 3 aromatic rings. The third-order valence-corrected chi connectivity index (χ3v) is 4.77. The predicted octanol–water partition coefficient (Wildman–Crippen LogP) is 2.05. The molecule has 30 heavy (non-hydrogen) atoms. The molecule has 0 saturated carbocycles. The fraction of sp³-hybridized carbons (Fsp3) is 0.211. The van der Waals surface area contributed by atoms with E-state index < -0.39 is 5.97 Å². The molecule has 2 aromatic heterocycles. The van der Waals surface area contributed by atoms with E-state index in [-0.39, 0.29) is 36.8 Å². The molecule has 11 heteroatoms. The minimum absolute atomic E-state index is 0.0326. The fourth-order valence-corrected chi connectivity index (χ4v) is 3.20. The first-order valence-corrected chi connectivity index (χ1v) is 9.67. The second kappa shape index (κ2) is 9.65. The van der Waals surface area contributed by atoms with Gasteiger partial charge in [-0.1, -0.05) is 12.1 Å². The SMILES string of the molecule is COc1ccccc1Nc1nc(N)nc(COC(=O)CNC(=O)c2ccc(C)s2)n1. The van der Waals surface area contributed by atoms with Gasteiger partial charge in [0.25, 0.3) is 5.91 Å². The van der Waals surface area contributed by atoms with Crippen LogP contribution in [0.1, 0.15) is 20.4 Å². The van der Waals surface area contributed by atoms with E-state index in [1.54, 1.807) is 25.3 Å². The largest absolute Gasteiger partial charge is 0.495 e. The zero-order valence-electron chi connectivity index (χ0n) is 16.3. The van der Waals surface area contributed by atoms with Crippen LogP contribution in [0.4, 0.5) is 17.6 Å². The molecule has 3 rings (SSSR count). The van der Waals surface area contributed by atoms with Crippen molar-refractivity contribution in [1.82, 2.24) is 20.3 Å². The molecule has 0 radical (unpaired) electrons. The Morgan fingerprint density at radius 3 is 2.67 bits per heavy atom. The van der Waals surface area contributed by atoms with Gasteiger partial charge in [-0.05, 0) is 31.2 Å². The summed E-state index contributed by atoms with van der Waals surface area (Å²) >= 11 is 1.34. The molecule has 0 atom stereocenters. The van der Waals surface area contributed by atoms with Gasteiger partial charge >= 0.3 is 5.97 Å². The summed E-state index contributed by atoms with van der Waals surface area (Å²) < 4.78 is 10.4. The molecule has 0 unspecified atom stereocenters. The Kier molecular flexibility index (Phi) is 6.75. The van der Waals surface area contributed by atoms with Crippen molar-refractivity contribution in [2.24, 2.45) is 0 Å². The molecule has 0 saturated heterocycles. The van der Waals surface area contributed by atoms with Crippen LogP contribution in [-0.2, 0) is 16.1 Å². The lowest BCUT2D eigenvalue weighted by Gasteiger charge is -2.11. The Labute approximate surface area is 176 Å². The fourth-order valence-electron chi connectivity index (χ4n) is 2.42. The predicted molar refractivity (Wildman–Crippen MR) is 112 cm³/mol. The van der Waals surface area contributed by atoms with Crippen LogP contribution < -0.4 is 21.1 Å². The maximum absolute atomic E-state index is 12.0. The normalized spacial score (nSPS) is 10.3. The average molecular weight is 428 g/mol. The topological polar surface area (TPSA) is 141 Å². The number of carbonyl (C=O) groups is 2. The second-order valence-corrected chi connectivity index (χ2v) is 7.30. The minimum atomic E-state index is -0.630. The minimum Gasteiger partial charge on any atom is -0.495 e. The molecule has 4 N–H and O–H groups in total. The number of nitrogen functional groups attached to an aromatic ring is 1. The van der Waals surface area contributed by atoms with Crippen LogP contribution >= 0.6 is 11.3 Å². The highest BCUT2D eigenvalue weighted by Gasteiger charge is 2.13. The van der Waals surface area contributed by atoms with Crippen LogP contribution in [0.5, 0.6) is 5.75 Å². The van der Waals surface area contributed by atoms with Crippen molar-refractivity contribution in [2.75, 3.05) is 24.7 Å². The third-order valence-electron chi connectivity index (χ3n) is 3.77. The van der Waals surface area contributed by atoms with Crippen molar-refractivity contribution in [2.45, 2.75) is 13.5 Å². The van der Waals surface area contributed by atoms with E-state index in [0.29, 0.717) is 16.3 Å². The van der Waals surface area contributed by atoms with Gasteiger partial charge in [0.15, 0.2) is 12.4 Å². The van der Waals surface area contributed by atoms with Crippen molar-refractivity contribution in [3.63, 3.8) is 0 Å². The summed E-state index contributed by atoms with van der Waals surface area (Å²) in [5.41, 5.74) is 6.36. The van der Waals surface area contributed by atoms with Gasteiger partial charge in [-0.2, -0.15) is 15.0 Å². The number of hydrogen-bond donors (Lipinski definition) is 3.